The van der Waals surface area contributed by atoms with E-state index in [0.717, 1.165) is 42.7 Å². The molecule has 0 aromatic carbocycles. The van der Waals surface area contributed by atoms with E-state index in [-0.39, 0.29) is 6.54 Å². The van der Waals surface area contributed by atoms with E-state index in [4.69, 9.17) is 0 Å². The van der Waals surface area contributed by atoms with Crippen molar-refractivity contribution in [1.82, 2.24) is 0 Å². The molecule has 1 unspecified atom stereocenters. The van der Waals surface area contributed by atoms with Gasteiger partial charge in [-0.1, -0.05) is 71.1 Å². The lowest BCUT2D eigenvalue weighted by atomic mass is 9.89. The number of rotatable bonds is 19. The first-order valence-corrected chi connectivity index (χ1v) is 13.3. The van der Waals surface area contributed by atoms with Crippen molar-refractivity contribution in [3.05, 3.63) is 30.1 Å². The molecule has 0 aliphatic carbocycles. The van der Waals surface area contributed by atoms with Gasteiger partial charge in [-0.25, -0.2) is 4.57 Å². The second-order valence-electron chi connectivity index (χ2n) is 10.1. The Morgan fingerprint density at radius 2 is 1.02 bits per heavy atom. The number of aromatic nitrogens is 1. The highest BCUT2D eigenvalue weighted by atomic mass is 19.4. The van der Waals surface area contributed by atoms with Crippen LogP contribution >= 0.6 is 0 Å². The maximum atomic E-state index is 14.3. The van der Waals surface area contributed by atoms with E-state index in [9.17, 15) is 62.2 Å². The second-order valence-corrected chi connectivity index (χ2v) is 10.1. The summed E-state index contributed by atoms with van der Waals surface area (Å²) in [6.07, 6.45) is 2.55. The molecule has 1 aromatic rings. The number of aryl methyl sites for hydroxylation is 1. The lowest BCUT2D eigenvalue weighted by Crippen LogP contribution is -2.70. The molecule has 1 N–H and O–H groups in total. The minimum Gasteiger partial charge on any atom is -0.382 e. The standard InChI is InChI=1S/C26H35F13NO/c1-2-3-4-5-6-7-8-9-10-11-12-13-16-40-17-14-15-19(18-40)20(41)21(27,28)22(29,30)23(31,32)24(33,34)25(35,36)26(37,38)39/h14-15,17-18,20,41H,2-13,16H2,1H3/q+1. The number of unbranched alkanes of at least 4 members (excludes halogenated alkanes) is 11. The molecule has 0 saturated carbocycles. The van der Waals surface area contributed by atoms with Crippen LogP contribution in [-0.4, -0.2) is 40.9 Å². The molecule has 1 aromatic heterocycles. The summed E-state index contributed by atoms with van der Waals surface area (Å²) in [5, 5.41) is 9.74. The molecular weight excluding hydrogens is 589 g/mol. The highest BCUT2D eigenvalue weighted by Gasteiger charge is 2.91. The smallest absolute Gasteiger partial charge is 0.382 e. The van der Waals surface area contributed by atoms with Crippen molar-refractivity contribution in [3.63, 3.8) is 0 Å². The SMILES string of the molecule is CCCCCCCCCCCCCC[n+]1cccc(C(O)C(F)(F)C(F)(F)C(F)(F)C(F)(F)C(F)(F)C(F)(F)F)c1. The zero-order chi connectivity index (χ0) is 31.8. The fourth-order valence-corrected chi connectivity index (χ4v) is 4.14. The van der Waals surface area contributed by atoms with Gasteiger partial charge in [0, 0.05) is 12.5 Å². The number of aliphatic hydroxyl groups is 1. The van der Waals surface area contributed by atoms with Crippen molar-refractivity contribution in [2.24, 2.45) is 0 Å². The van der Waals surface area contributed by atoms with Crippen molar-refractivity contribution in [2.45, 2.75) is 132 Å². The number of aliphatic hydroxyl groups excluding tert-OH is 1. The van der Waals surface area contributed by atoms with Crippen molar-refractivity contribution in [2.75, 3.05) is 0 Å². The van der Waals surface area contributed by atoms with Gasteiger partial charge in [-0.15, -0.1) is 0 Å². The van der Waals surface area contributed by atoms with Gasteiger partial charge in [-0.2, -0.15) is 57.1 Å². The van der Waals surface area contributed by atoms with Crippen LogP contribution in [0.2, 0.25) is 0 Å². The highest BCUT2D eigenvalue weighted by molar-refractivity contribution is 5.18. The van der Waals surface area contributed by atoms with E-state index in [1.165, 1.54) is 38.3 Å². The largest absolute Gasteiger partial charge is 0.460 e. The monoisotopic (exact) mass is 624 g/mol. The van der Waals surface area contributed by atoms with Gasteiger partial charge in [0.15, 0.2) is 18.5 Å². The summed E-state index contributed by atoms with van der Waals surface area (Å²) < 4.78 is 175. The number of nitrogens with zero attached hydrogens (tertiary/aromatic N) is 1. The average molecular weight is 625 g/mol. The number of halogens is 13. The predicted molar refractivity (Wildman–Crippen MR) is 123 cm³/mol. The van der Waals surface area contributed by atoms with Crippen LogP contribution in [0.15, 0.2) is 24.5 Å². The molecule has 0 radical (unpaired) electrons. The number of hydrogen-bond donors (Lipinski definition) is 1. The van der Waals surface area contributed by atoms with E-state index in [2.05, 4.69) is 6.92 Å². The van der Waals surface area contributed by atoms with Gasteiger partial charge in [-0.3, -0.25) is 0 Å². The lowest BCUT2D eigenvalue weighted by molar-refractivity contribution is -0.698. The fourth-order valence-electron chi connectivity index (χ4n) is 4.14. The summed E-state index contributed by atoms with van der Waals surface area (Å²) in [6.45, 7) is 2.24. The molecule has 1 rings (SSSR count). The van der Waals surface area contributed by atoms with Crippen LogP contribution in [-0.2, 0) is 6.54 Å². The molecule has 2 nitrogen and oxygen atoms in total. The maximum Gasteiger partial charge on any atom is 0.460 e. The molecule has 15 heteroatoms. The normalized spacial score (nSPS) is 14.9. The average Bonchev–Trinajstić information content (AvgIpc) is 2.87. The third-order valence-electron chi connectivity index (χ3n) is 6.77. The van der Waals surface area contributed by atoms with Gasteiger partial charge in [0.05, 0.1) is 5.56 Å². The molecular formula is C26H35F13NO+. The van der Waals surface area contributed by atoms with Crippen LogP contribution in [0.25, 0.3) is 0 Å². The Balaban J connectivity index is 2.81. The minimum atomic E-state index is -8.00. The summed E-state index contributed by atoms with van der Waals surface area (Å²) in [4.78, 5) is 0. The van der Waals surface area contributed by atoms with Gasteiger partial charge >= 0.3 is 35.8 Å². The van der Waals surface area contributed by atoms with Crippen LogP contribution in [0, 0.1) is 0 Å². The van der Waals surface area contributed by atoms with E-state index >= 15 is 0 Å². The molecule has 240 valence electrons. The molecule has 0 fully saturated rings. The highest BCUT2D eigenvalue weighted by Crippen LogP contribution is 2.61. The molecule has 1 heterocycles. The third kappa shape index (κ3) is 8.40. The fraction of sp³-hybridized carbons (Fsp3) is 0.808. The minimum absolute atomic E-state index is 0.103. The third-order valence-corrected chi connectivity index (χ3v) is 6.77. The molecule has 0 amide bonds. The topological polar surface area (TPSA) is 24.1 Å². The summed E-state index contributed by atoms with van der Waals surface area (Å²) in [5.41, 5.74) is -1.18. The number of alkyl halides is 13. The van der Waals surface area contributed by atoms with Crippen LogP contribution < -0.4 is 4.57 Å². The van der Waals surface area contributed by atoms with Gasteiger partial charge in [0.2, 0.25) is 0 Å². The molecule has 1 atom stereocenters. The Kier molecular flexibility index (Phi) is 13.2. The number of hydrogen-bond acceptors (Lipinski definition) is 1. The Hall–Kier alpha value is -1.80. The van der Waals surface area contributed by atoms with Crippen LogP contribution in [0.3, 0.4) is 0 Å². The Morgan fingerprint density at radius 1 is 0.610 bits per heavy atom. The first-order valence-electron chi connectivity index (χ1n) is 13.3. The van der Waals surface area contributed by atoms with Gasteiger partial charge in [-0.05, 0) is 12.5 Å². The lowest BCUT2D eigenvalue weighted by Gasteiger charge is -2.40. The molecule has 0 aliphatic rings. The number of pyridine rings is 1. The van der Waals surface area contributed by atoms with Gasteiger partial charge in [0.1, 0.15) is 6.54 Å². The summed E-state index contributed by atoms with van der Waals surface area (Å²) in [6, 6.07) is 1.49. The molecule has 41 heavy (non-hydrogen) atoms. The van der Waals surface area contributed by atoms with E-state index in [1.54, 1.807) is 0 Å². The summed E-state index contributed by atoms with van der Waals surface area (Å²) in [5.74, 6) is -37.9. The Morgan fingerprint density at radius 3 is 1.46 bits per heavy atom. The van der Waals surface area contributed by atoms with Crippen LogP contribution in [0.4, 0.5) is 57.1 Å². The van der Waals surface area contributed by atoms with Gasteiger partial charge < -0.3 is 5.11 Å². The van der Waals surface area contributed by atoms with Crippen molar-refractivity contribution in [1.29, 1.82) is 0 Å². The Bertz CT molecular complexity index is 919. The van der Waals surface area contributed by atoms with Gasteiger partial charge in [0.25, 0.3) is 0 Å². The van der Waals surface area contributed by atoms with Crippen LogP contribution in [0.1, 0.15) is 95.6 Å². The van der Waals surface area contributed by atoms with Crippen molar-refractivity contribution in [3.8, 4) is 0 Å². The summed E-state index contributed by atoms with van der Waals surface area (Å²) >= 11 is 0. The molecule has 0 aliphatic heterocycles. The Labute approximate surface area is 229 Å². The molecule has 0 bridgehead atoms. The van der Waals surface area contributed by atoms with Crippen molar-refractivity contribution >= 4 is 0 Å². The molecule has 0 spiro atoms. The van der Waals surface area contributed by atoms with E-state index < -0.39 is 47.5 Å². The summed E-state index contributed by atoms with van der Waals surface area (Å²) in [7, 11) is 0. The maximum absolute atomic E-state index is 14.3. The predicted octanol–water partition coefficient (Wildman–Crippen LogP) is 9.45. The zero-order valence-electron chi connectivity index (χ0n) is 22.4. The van der Waals surface area contributed by atoms with E-state index in [0.29, 0.717) is 25.1 Å². The molecule has 0 saturated heterocycles. The van der Waals surface area contributed by atoms with Crippen molar-refractivity contribution < 1.29 is 66.7 Å². The quantitative estimate of drug-likeness (QED) is 0.0926. The first-order chi connectivity index (χ1) is 18.7. The van der Waals surface area contributed by atoms with Crippen LogP contribution in [0.5, 0.6) is 0 Å². The second kappa shape index (κ2) is 14.6. The first kappa shape index (κ1) is 37.2. The zero-order valence-corrected chi connectivity index (χ0v) is 22.4. The van der Waals surface area contributed by atoms with E-state index in [1.807, 2.05) is 0 Å².